The van der Waals surface area contributed by atoms with Crippen molar-refractivity contribution in [3.63, 3.8) is 0 Å². The highest BCUT2D eigenvalue weighted by atomic mass is 32.2. The third-order valence-corrected chi connectivity index (χ3v) is 5.33. The normalized spacial score (nSPS) is 16.2. The van der Waals surface area contributed by atoms with Gasteiger partial charge in [0, 0.05) is 0 Å². The summed E-state index contributed by atoms with van der Waals surface area (Å²) in [6, 6.07) is 15.6. The van der Waals surface area contributed by atoms with Crippen LogP contribution in [-0.2, 0) is 4.79 Å². The maximum absolute atomic E-state index is 12.8. The Labute approximate surface area is 157 Å². The van der Waals surface area contributed by atoms with Crippen LogP contribution in [0.2, 0.25) is 0 Å². The highest BCUT2D eigenvalue weighted by Crippen LogP contribution is 2.36. The standard InChI is InChI=1S/C20H19NO2S2/c1-13(2)15-6-4-14(5-7-15)12-18-19(22)21(20(24)25-18)16-8-10-17(23-3)11-9-16/h4-13H,1-3H3/b18-12+. The number of hydrogen-bond donors (Lipinski definition) is 0. The van der Waals surface area contributed by atoms with Gasteiger partial charge in [-0.3, -0.25) is 9.69 Å². The Morgan fingerprint density at radius 3 is 2.28 bits per heavy atom. The molecule has 0 unspecified atom stereocenters. The van der Waals surface area contributed by atoms with E-state index in [2.05, 4.69) is 26.0 Å². The van der Waals surface area contributed by atoms with Gasteiger partial charge in [-0.25, -0.2) is 0 Å². The van der Waals surface area contributed by atoms with Crippen LogP contribution < -0.4 is 9.64 Å². The largest absolute Gasteiger partial charge is 0.497 e. The molecule has 2 aromatic carbocycles. The summed E-state index contributed by atoms with van der Waals surface area (Å²) in [5, 5.41) is 0. The molecule has 5 heteroatoms. The molecule has 1 fully saturated rings. The maximum atomic E-state index is 12.8. The molecule has 0 N–H and O–H groups in total. The number of ether oxygens (including phenoxy) is 1. The van der Waals surface area contributed by atoms with Crippen molar-refractivity contribution in [2.45, 2.75) is 19.8 Å². The van der Waals surface area contributed by atoms with Gasteiger partial charge in [-0.15, -0.1) is 0 Å². The number of anilines is 1. The molecule has 3 nitrogen and oxygen atoms in total. The summed E-state index contributed by atoms with van der Waals surface area (Å²) in [7, 11) is 1.61. The van der Waals surface area contributed by atoms with Crippen LogP contribution >= 0.6 is 24.0 Å². The molecule has 0 spiro atoms. The third kappa shape index (κ3) is 3.78. The van der Waals surface area contributed by atoms with Crippen LogP contribution in [0.15, 0.2) is 53.4 Å². The SMILES string of the molecule is COc1ccc(N2C(=O)/C(=C\c3ccc(C(C)C)cc3)SC2=S)cc1. The molecule has 1 amide bonds. The molecule has 0 radical (unpaired) electrons. The quantitative estimate of drug-likeness (QED) is 0.545. The van der Waals surface area contributed by atoms with Crippen molar-refractivity contribution >= 4 is 46.0 Å². The van der Waals surface area contributed by atoms with Crippen LogP contribution in [0.1, 0.15) is 30.9 Å². The van der Waals surface area contributed by atoms with Gasteiger partial charge < -0.3 is 4.74 Å². The fraction of sp³-hybridized carbons (Fsp3) is 0.200. The van der Waals surface area contributed by atoms with E-state index in [1.807, 2.05) is 42.5 Å². The Morgan fingerprint density at radius 1 is 1.08 bits per heavy atom. The molecule has 0 bridgehead atoms. The van der Waals surface area contributed by atoms with Gasteiger partial charge >= 0.3 is 0 Å². The lowest BCUT2D eigenvalue weighted by Crippen LogP contribution is -2.27. The van der Waals surface area contributed by atoms with E-state index < -0.39 is 0 Å². The predicted octanol–water partition coefficient (Wildman–Crippen LogP) is 5.22. The second-order valence-electron chi connectivity index (χ2n) is 6.04. The third-order valence-electron chi connectivity index (χ3n) is 4.03. The lowest BCUT2D eigenvalue weighted by Gasteiger charge is -2.14. The van der Waals surface area contributed by atoms with E-state index >= 15 is 0 Å². The number of methoxy groups -OCH3 is 1. The first-order valence-electron chi connectivity index (χ1n) is 8.01. The highest BCUT2D eigenvalue weighted by molar-refractivity contribution is 8.27. The summed E-state index contributed by atoms with van der Waals surface area (Å²) in [6.45, 7) is 4.32. The zero-order valence-corrected chi connectivity index (χ0v) is 16.0. The lowest BCUT2D eigenvalue weighted by molar-refractivity contribution is -0.113. The number of thiocarbonyl (C=S) groups is 1. The molecule has 1 aliphatic rings. The molecule has 128 valence electrons. The monoisotopic (exact) mass is 369 g/mol. The van der Waals surface area contributed by atoms with Crippen molar-refractivity contribution in [1.29, 1.82) is 0 Å². The minimum atomic E-state index is -0.0897. The number of carbonyl (C=O) groups excluding carboxylic acids is 1. The molecule has 1 saturated heterocycles. The van der Waals surface area contributed by atoms with Crippen molar-refractivity contribution in [3.05, 3.63) is 64.6 Å². The molecule has 0 saturated carbocycles. The van der Waals surface area contributed by atoms with E-state index in [1.165, 1.54) is 17.3 Å². The summed E-state index contributed by atoms with van der Waals surface area (Å²) < 4.78 is 5.70. The van der Waals surface area contributed by atoms with Gasteiger partial charge in [0.15, 0.2) is 4.32 Å². The summed E-state index contributed by atoms with van der Waals surface area (Å²) in [4.78, 5) is 15.0. The minimum Gasteiger partial charge on any atom is -0.497 e. The molecule has 0 atom stereocenters. The molecule has 1 heterocycles. The van der Waals surface area contributed by atoms with Crippen LogP contribution in [0.4, 0.5) is 5.69 Å². The average molecular weight is 370 g/mol. The highest BCUT2D eigenvalue weighted by Gasteiger charge is 2.33. The fourth-order valence-corrected chi connectivity index (χ4v) is 3.85. The van der Waals surface area contributed by atoms with Crippen LogP contribution in [0.25, 0.3) is 6.08 Å². The van der Waals surface area contributed by atoms with E-state index in [0.29, 0.717) is 15.1 Å². The van der Waals surface area contributed by atoms with E-state index in [-0.39, 0.29) is 5.91 Å². The van der Waals surface area contributed by atoms with Gasteiger partial charge in [0.05, 0.1) is 17.7 Å². The summed E-state index contributed by atoms with van der Waals surface area (Å²) in [5.41, 5.74) is 3.03. The summed E-state index contributed by atoms with van der Waals surface area (Å²) in [5.74, 6) is 1.14. The molecule has 3 rings (SSSR count). The van der Waals surface area contributed by atoms with Crippen LogP contribution in [0.5, 0.6) is 5.75 Å². The fourth-order valence-electron chi connectivity index (χ4n) is 2.55. The van der Waals surface area contributed by atoms with E-state index in [9.17, 15) is 4.79 Å². The smallest absolute Gasteiger partial charge is 0.270 e. The molecule has 0 aliphatic carbocycles. The van der Waals surface area contributed by atoms with Gasteiger partial charge in [0.25, 0.3) is 5.91 Å². The Morgan fingerprint density at radius 2 is 1.72 bits per heavy atom. The Kier molecular flexibility index (Phi) is 5.25. The zero-order valence-electron chi connectivity index (χ0n) is 14.4. The molecular formula is C20H19NO2S2. The lowest BCUT2D eigenvalue weighted by atomic mass is 10.0. The first-order chi connectivity index (χ1) is 12.0. The number of rotatable bonds is 4. The minimum absolute atomic E-state index is 0.0897. The first-order valence-corrected chi connectivity index (χ1v) is 9.24. The second kappa shape index (κ2) is 7.42. The topological polar surface area (TPSA) is 29.5 Å². The van der Waals surface area contributed by atoms with Gasteiger partial charge in [0.1, 0.15) is 5.75 Å². The molecule has 25 heavy (non-hydrogen) atoms. The average Bonchev–Trinajstić information content (AvgIpc) is 2.89. The number of nitrogens with zero attached hydrogens (tertiary/aromatic N) is 1. The number of carbonyl (C=O) groups is 1. The first kappa shape index (κ1) is 17.7. The van der Waals surface area contributed by atoms with Crippen molar-refractivity contribution < 1.29 is 9.53 Å². The second-order valence-corrected chi connectivity index (χ2v) is 7.71. The summed E-state index contributed by atoms with van der Waals surface area (Å²) in [6.07, 6.45) is 1.90. The van der Waals surface area contributed by atoms with Crippen LogP contribution in [0, 0.1) is 0 Å². The Bertz CT molecular complexity index is 824. The van der Waals surface area contributed by atoms with Gasteiger partial charge in [-0.1, -0.05) is 62.1 Å². The number of benzene rings is 2. The number of hydrogen-bond acceptors (Lipinski definition) is 4. The number of thioether (sulfide) groups is 1. The van der Waals surface area contributed by atoms with Gasteiger partial charge in [0.2, 0.25) is 0 Å². The van der Waals surface area contributed by atoms with Crippen LogP contribution in [-0.4, -0.2) is 17.3 Å². The van der Waals surface area contributed by atoms with Gasteiger partial charge in [-0.05, 0) is 47.4 Å². The van der Waals surface area contributed by atoms with E-state index in [1.54, 1.807) is 12.0 Å². The van der Waals surface area contributed by atoms with Crippen molar-refractivity contribution in [2.24, 2.45) is 0 Å². The van der Waals surface area contributed by atoms with Crippen molar-refractivity contribution in [3.8, 4) is 5.75 Å². The van der Waals surface area contributed by atoms with Crippen LogP contribution in [0.3, 0.4) is 0 Å². The van der Waals surface area contributed by atoms with Gasteiger partial charge in [-0.2, -0.15) is 0 Å². The Balaban J connectivity index is 1.84. The molecule has 0 aromatic heterocycles. The van der Waals surface area contributed by atoms with Crippen molar-refractivity contribution in [2.75, 3.05) is 12.0 Å². The van der Waals surface area contributed by atoms with E-state index in [4.69, 9.17) is 17.0 Å². The molecule has 2 aromatic rings. The van der Waals surface area contributed by atoms with Crippen molar-refractivity contribution in [1.82, 2.24) is 0 Å². The Hall–Kier alpha value is -2.11. The summed E-state index contributed by atoms with van der Waals surface area (Å²) >= 11 is 6.73. The molecular weight excluding hydrogens is 350 g/mol. The predicted molar refractivity (Wildman–Crippen MR) is 109 cm³/mol. The maximum Gasteiger partial charge on any atom is 0.270 e. The number of amides is 1. The zero-order chi connectivity index (χ0) is 18.0. The van der Waals surface area contributed by atoms with E-state index in [0.717, 1.165) is 17.0 Å². The molecule has 1 aliphatic heterocycles.